The number of nitrogens with one attached hydrogen (secondary N) is 1. The summed E-state index contributed by atoms with van der Waals surface area (Å²) in [6.07, 6.45) is 1.41. The zero-order valence-electron chi connectivity index (χ0n) is 10.4. The molecule has 0 amide bonds. The Balaban J connectivity index is 2.31. The van der Waals surface area contributed by atoms with Crippen molar-refractivity contribution in [3.8, 4) is 0 Å². The molecule has 17 heavy (non-hydrogen) atoms. The van der Waals surface area contributed by atoms with Crippen molar-refractivity contribution in [2.24, 2.45) is 0 Å². The second-order valence-corrected chi connectivity index (χ2v) is 3.77. The lowest BCUT2D eigenvalue weighted by molar-refractivity contribution is 0.0694. The summed E-state index contributed by atoms with van der Waals surface area (Å²) in [5.41, 5.74) is 0.236. The number of aromatic carboxylic acids is 1. The van der Waals surface area contributed by atoms with Crippen molar-refractivity contribution in [1.29, 1.82) is 0 Å². The monoisotopic (exact) mass is 240 g/mol. The molecule has 5 nitrogen and oxygen atoms in total. The lowest BCUT2D eigenvalue weighted by atomic mass is 10.2. The van der Waals surface area contributed by atoms with Crippen LogP contribution in [0.1, 0.15) is 30.0 Å². The largest absolute Gasteiger partial charge is 0.478 e. The molecule has 0 aliphatic carbocycles. The fraction of sp³-hybridized carbons (Fsp3) is 0.583. The highest BCUT2D eigenvalue weighted by molar-refractivity contribution is 5.88. The van der Waals surface area contributed by atoms with Crippen molar-refractivity contribution in [2.45, 2.75) is 20.4 Å². The molecule has 0 fully saturated rings. The highest BCUT2D eigenvalue weighted by Gasteiger charge is 2.12. The molecule has 0 aliphatic heterocycles. The van der Waals surface area contributed by atoms with Gasteiger partial charge in [0.05, 0.1) is 12.8 Å². The standard InChI is InChI=1S/C12H20N2O3/c1-3-14(4-2)7-6-13-9-11-10(12(15)16)5-8-17-11/h5,8,13H,3-4,6-7,9H2,1-2H3,(H,15,16). The number of carboxylic acid groups (broad SMARTS) is 1. The fourth-order valence-corrected chi connectivity index (χ4v) is 1.65. The van der Waals surface area contributed by atoms with Gasteiger partial charge in [-0.3, -0.25) is 0 Å². The van der Waals surface area contributed by atoms with Crippen molar-refractivity contribution in [3.63, 3.8) is 0 Å². The molecule has 0 aromatic carbocycles. The fourth-order valence-electron chi connectivity index (χ4n) is 1.65. The molecule has 0 atom stereocenters. The predicted molar refractivity (Wildman–Crippen MR) is 65.2 cm³/mol. The predicted octanol–water partition coefficient (Wildman–Crippen LogP) is 1.41. The van der Waals surface area contributed by atoms with Crippen LogP contribution < -0.4 is 5.32 Å². The molecule has 1 aromatic heterocycles. The zero-order valence-corrected chi connectivity index (χ0v) is 10.4. The molecule has 0 unspecified atom stereocenters. The highest BCUT2D eigenvalue weighted by Crippen LogP contribution is 2.09. The smallest absolute Gasteiger partial charge is 0.339 e. The number of rotatable bonds is 8. The van der Waals surface area contributed by atoms with Crippen LogP contribution in [0.15, 0.2) is 16.7 Å². The molecule has 0 bridgehead atoms. The third-order valence-corrected chi connectivity index (χ3v) is 2.76. The van der Waals surface area contributed by atoms with Crippen molar-refractivity contribution < 1.29 is 14.3 Å². The number of carbonyl (C=O) groups is 1. The van der Waals surface area contributed by atoms with E-state index in [4.69, 9.17) is 9.52 Å². The van der Waals surface area contributed by atoms with Gasteiger partial charge < -0.3 is 19.7 Å². The zero-order chi connectivity index (χ0) is 12.7. The van der Waals surface area contributed by atoms with Crippen molar-refractivity contribution >= 4 is 5.97 Å². The van der Waals surface area contributed by atoms with Crippen molar-refractivity contribution in [3.05, 3.63) is 23.7 Å². The first-order valence-corrected chi connectivity index (χ1v) is 5.91. The minimum absolute atomic E-state index is 0.236. The molecular weight excluding hydrogens is 220 g/mol. The topological polar surface area (TPSA) is 65.7 Å². The lowest BCUT2D eigenvalue weighted by Crippen LogP contribution is -2.31. The van der Waals surface area contributed by atoms with Crippen LogP contribution in [0, 0.1) is 0 Å². The van der Waals surface area contributed by atoms with E-state index in [1.807, 2.05) is 0 Å². The van der Waals surface area contributed by atoms with Crippen LogP contribution >= 0.6 is 0 Å². The van der Waals surface area contributed by atoms with Crippen molar-refractivity contribution in [2.75, 3.05) is 26.2 Å². The molecule has 0 saturated heterocycles. The van der Waals surface area contributed by atoms with E-state index in [1.165, 1.54) is 12.3 Å². The molecule has 5 heteroatoms. The molecule has 0 spiro atoms. The van der Waals surface area contributed by atoms with Crippen LogP contribution in [0.2, 0.25) is 0 Å². The van der Waals surface area contributed by atoms with Crippen LogP contribution in [0.5, 0.6) is 0 Å². The third-order valence-electron chi connectivity index (χ3n) is 2.76. The lowest BCUT2D eigenvalue weighted by Gasteiger charge is -2.17. The summed E-state index contributed by atoms with van der Waals surface area (Å²) in [5.74, 6) is -0.462. The number of hydrogen-bond acceptors (Lipinski definition) is 4. The van der Waals surface area contributed by atoms with Gasteiger partial charge >= 0.3 is 5.97 Å². The number of hydrogen-bond donors (Lipinski definition) is 2. The molecule has 1 heterocycles. The van der Waals surface area contributed by atoms with Gasteiger partial charge in [-0.25, -0.2) is 4.79 Å². The Morgan fingerprint density at radius 3 is 2.76 bits per heavy atom. The van der Waals surface area contributed by atoms with Gasteiger partial charge in [-0.15, -0.1) is 0 Å². The third kappa shape index (κ3) is 4.20. The summed E-state index contributed by atoms with van der Waals surface area (Å²) in [5, 5.41) is 12.1. The molecule has 1 rings (SSSR count). The Labute approximate surface area is 101 Å². The first-order chi connectivity index (χ1) is 8.19. The van der Waals surface area contributed by atoms with E-state index >= 15 is 0 Å². The minimum atomic E-state index is -0.945. The van der Waals surface area contributed by atoms with Gasteiger partial charge in [-0.1, -0.05) is 13.8 Å². The van der Waals surface area contributed by atoms with Gasteiger partial charge in [0.2, 0.25) is 0 Å². The van der Waals surface area contributed by atoms with Crippen LogP contribution in [-0.2, 0) is 6.54 Å². The maximum Gasteiger partial charge on any atom is 0.339 e. The van der Waals surface area contributed by atoms with Crippen LogP contribution in [0.3, 0.4) is 0 Å². The summed E-state index contributed by atoms with van der Waals surface area (Å²) in [6, 6.07) is 1.48. The maximum atomic E-state index is 10.8. The second-order valence-electron chi connectivity index (χ2n) is 3.77. The summed E-state index contributed by atoms with van der Waals surface area (Å²) in [4.78, 5) is 13.1. The second kappa shape index (κ2) is 7.09. The number of likely N-dealkylation sites (N-methyl/N-ethyl adjacent to an activating group) is 1. The average molecular weight is 240 g/mol. The maximum absolute atomic E-state index is 10.8. The molecule has 0 saturated carbocycles. The van der Waals surface area contributed by atoms with E-state index in [9.17, 15) is 4.79 Å². The van der Waals surface area contributed by atoms with E-state index in [0.717, 1.165) is 26.2 Å². The van der Waals surface area contributed by atoms with Crippen molar-refractivity contribution in [1.82, 2.24) is 10.2 Å². The van der Waals surface area contributed by atoms with Crippen LogP contribution in [0.4, 0.5) is 0 Å². The van der Waals surface area contributed by atoms with E-state index in [0.29, 0.717) is 12.3 Å². The van der Waals surface area contributed by atoms with Gasteiger partial charge in [0.1, 0.15) is 11.3 Å². The summed E-state index contributed by atoms with van der Waals surface area (Å²) in [6.45, 7) is 8.53. The van der Waals surface area contributed by atoms with Gasteiger partial charge in [-0.2, -0.15) is 0 Å². The SMILES string of the molecule is CCN(CC)CCNCc1occc1C(=O)O. The highest BCUT2D eigenvalue weighted by atomic mass is 16.4. The summed E-state index contributed by atoms with van der Waals surface area (Å²) >= 11 is 0. The van der Waals surface area contributed by atoms with E-state index in [1.54, 1.807) is 0 Å². The molecular formula is C12H20N2O3. The van der Waals surface area contributed by atoms with E-state index < -0.39 is 5.97 Å². The van der Waals surface area contributed by atoms with Gasteiger partial charge in [-0.05, 0) is 19.2 Å². The van der Waals surface area contributed by atoms with E-state index in [2.05, 4.69) is 24.1 Å². The van der Waals surface area contributed by atoms with Crippen LogP contribution in [-0.4, -0.2) is 42.2 Å². The number of furan rings is 1. The Morgan fingerprint density at radius 1 is 1.47 bits per heavy atom. The Hall–Kier alpha value is -1.33. The minimum Gasteiger partial charge on any atom is -0.478 e. The normalized spacial score (nSPS) is 11.0. The Morgan fingerprint density at radius 2 is 2.18 bits per heavy atom. The summed E-state index contributed by atoms with van der Waals surface area (Å²) in [7, 11) is 0. The molecule has 0 radical (unpaired) electrons. The number of nitrogens with zero attached hydrogens (tertiary/aromatic N) is 1. The average Bonchev–Trinajstić information content (AvgIpc) is 2.78. The first kappa shape index (κ1) is 13.7. The molecule has 1 aromatic rings. The molecule has 2 N–H and O–H groups in total. The molecule has 96 valence electrons. The van der Waals surface area contributed by atoms with Gasteiger partial charge in [0.25, 0.3) is 0 Å². The Bertz CT molecular complexity index is 345. The summed E-state index contributed by atoms with van der Waals surface area (Å²) < 4.78 is 5.13. The van der Waals surface area contributed by atoms with Gasteiger partial charge in [0.15, 0.2) is 0 Å². The van der Waals surface area contributed by atoms with Crippen LogP contribution in [0.25, 0.3) is 0 Å². The quantitative estimate of drug-likeness (QED) is 0.672. The van der Waals surface area contributed by atoms with Gasteiger partial charge in [0, 0.05) is 13.1 Å². The first-order valence-electron chi connectivity index (χ1n) is 5.91. The number of carboxylic acids is 1. The Kier molecular flexibility index (Phi) is 5.72. The van der Waals surface area contributed by atoms with E-state index in [-0.39, 0.29) is 5.56 Å². The molecule has 0 aliphatic rings.